The highest BCUT2D eigenvalue weighted by molar-refractivity contribution is 6.42. The molecule has 0 saturated heterocycles. The lowest BCUT2D eigenvalue weighted by atomic mass is 10.1. The van der Waals surface area contributed by atoms with Crippen LogP contribution in [-0.2, 0) is 16.1 Å². The predicted octanol–water partition coefficient (Wildman–Crippen LogP) is 5.40. The Morgan fingerprint density at radius 1 is 1.06 bits per heavy atom. The zero-order chi connectivity index (χ0) is 23.0. The number of hydrogen-bond donors (Lipinski definition) is 1. The summed E-state index contributed by atoms with van der Waals surface area (Å²) in [7, 11) is 0. The van der Waals surface area contributed by atoms with Crippen LogP contribution in [0.2, 0.25) is 10.0 Å². The third-order valence-corrected chi connectivity index (χ3v) is 5.81. The Morgan fingerprint density at radius 3 is 2.42 bits per heavy atom. The van der Waals surface area contributed by atoms with Gasteiger partial charge in [0.1, 0.15) is 11.8 Å². The number of carbonyl (C=O) groups is 2. The monoisotopic (exact) mass is 464 g/mol. The number of rotatable bonds is 10. The van der Waals surface area contributed by atoms with Gasteiger partial charge in [-0.1, -0.05) is 55.2 Å². The highest BCUT2D eigenvalue weighted by atomic mass is 35.5. The lowest BCUT2D eigenvalue weighted by Gasteiger charge is -2.31. The van der Waals surface area contributed by atoms with E-state index < -0.39 is 6.04 Å². The number of carbonyl (C=O) groups excluding carboxylic acids is 2. The summed E-state index contributed by atoms with van der Waals surface area (Å²) < 4.78 is 5.72. The Bertz CT molecular complexity index is 904. The summed E-state index contributed by atoms with van der Waals surface area (Å²) >= 11 is 12.2. The lowest BCUT2D eigenvalue weighted by Crippen LogP contribution is -2.51. The van der Waals surface area contributed by atoms with E-state index in [4.69, 9.17) is 27.9 Å². The number of benzene rings is 2. The molecule has 7 heteroatoms. The van der Waals surface area contributed by atoms with E-state index in [2.05, 4.69) is 5.32 Å². The molecule has 0 bridgehead atoms. The van der Waals surface area contributed by atoms with Gasteiger partial charge >= 0.3 is 0 Å². The number of ether oxygens (including phenoxy) is 1. The van der Waals surface area contributed by atoms with E-state index in [0.717, 1.165) is 17.5 Å². The van der Waals surface area contributed by atoms with Crippen LogP contribution in [0.5, 0.6) is 5.75 Å². The number of amides is 2. The highest BCUT2D eigenvalue weighted by Gasteiger charge is 2.29. The van der Waals surface area contributed by atoms with Crippen molar-refractivity contribution in [2.24, 2.45) is 0 Å². The second-order valence-corrected chi connectivity index (χ2v) is 8.43. The molecule has 2 aromatic carbocycles. The maximum absolute atomic E-state index is 13.2. The highest BCUT2D eigenvalue weighted by Crippen LogP contribution is 2.24. The molecule has 2 aromatic rings. The van der Waals surface area contributed by atoms with Crippen molar-refractivity contribution >= 4 is 35.0 Å². The summed E-state index contributed by atoms with van der Waals surface area (Å²) in [5.74, 6) is 0.152. The maximum Gasteiger partial charge on any atom is 0.261 e. The Hall–Kier alpha value is -2.24. The van der Waals surface area contributed by atoms with Gasteiger partial charge < -0.3 is 15.0 Å². The first kappa shape index (κ1) is 25.0. The van der Waals surface area contributed by atoms with Crippen molar-refractivity contribution in [3.8, 4) is 5.75 Å². The number of halogens is 2. The van der Waals surface area contributed by atoms with Gasteiger partial charge in [0.25, 0.3) is 5.91 Å². The van der Waals surface area contributed by atoms with Crippen LogP contribution in [0.1, 0.15) is 44.7 Å². The van der Waals surface area contributed by atoms with E-state index in [1.54, 1.807) is 29.2 Å². The number of aryl methyl sites for hydroxylation is 1. The van der Waals surface area contributed by atoms with Crippen molar-refractivity contribution in [2.45, 2.75) is 59.2 Å². The van der Waals surface area contributed by atoms with E-state index >= 15 is 0 Å². The topological polar surface area (TPSA) is 58.6 Å². The van der Waals surface area contributed by atoms with Crippen LogP contribution in [-0.4, -0.2) is 35.4 Å². The molecule has 0 spiro atoms. The third-order valence-electron chi connectivity index (χ3n) is 5.08. The van der Waals surface area contributed by atoms with Crippen molar-refractivity contribution < 1.29 is 14.3 Å². The van der Waals surface area contributed by atoms with Gasteiger partial charge in [-0.25, -0.2) is 0 Å². The Labute approximate surface area is 194 Å². The Balaban J connectivity index is 2.24. The summed E-state index contributed by atoms with van der Waals surface area (Å²) in [5, 5.41) is 3.82. The smallest absolute Gasteiger partial charge is 0.261 e. The van der Waals surface area contributed by atoms with Crippen LogP contribution in [0.4, 0.5) is 0 Å². The number of hydrogen-bond acceptors (Lipinski definition) is 3. The summed E-state index contributed by atoms with van der Waals surface area (Å²) in [5.41, 5.74) is 1.82. The third kappa shape index (κ3) is 7.44. The molecule has 31 heavy (non-hydrogen) atoms. The van der Waals surface area contributed by atoms with Gasteiger partial charge in [-0.2, -0.15) is 0 Å². The second-order valence-electron chi connectivity index (χ2n) is 7.62. The molecule has 0 radical (unpaired) electrons. The van der Waals surface area contributed by atoms with Crippen LogP contribution < -0.4 is 10.1 Å². The normalized spacial score (nSPS) is 12.7. The van der Waals surface area contributed by atoms with E-state index in [1.807, 2.05) is 45.9 Å². The van der Waals surface area contributed by atoms with Crippen molar-refractivity contribution in [3.05, 3.63) is 63.6 Å². The van der Waals surface area contributed by atoms with Gasteiger partial charge in [0.2, 0.25) is 5.91 Å². The first-order chi connectivity index (χ1) is 14.7. The van der Waals surface area contributed by atoms with E-state index in [-0.39, 0.29) is 31.0 Å². The molecule has 2 rings (SSSR count). The van der Waals surface area contributed by atoms with Crippen molar-refractivity contribution in [1.29, 1.82) is 0 Å². The summed E-state index contributed by atoms with van der Waals surface area (Å²) in [6, 6.07) is 12.1. The summed E-state index contributed by atoms with van der Waals surface area (Å²) in [6.45, 7) is 7.84. The molecular formula is C24H30Cl2N2O3. The van der Waals surface area contributed by atoms with Crippen molar-refractivity contribution in [3.63, 3.8) is 0 Å². The standard InChI is InChI=1S/C24H30Cl2N2O3/c1-5-17(4)27-24(30)22(6-2)28(14-18-10-11-20(25)21(26)13-18)23(29)15-31-19-9-7-8-16(3)12-19/h7-13,17,22H,5-6,14-15H2,1-4H3,(H,27,30)/t17-,22+/m0/s1. The van der Waals surface area contributed by atoms with Crippen LogP contribution in [0.25, 0.3) is 0 Å². The molecule has 0 aromatic heterocycles. The van der Waals surface area contributed by atoms with Gasteiger partial charge in [0.15, 0.2) is 6.61 Å². The molecule has 0 aliphatic heterocycles. The minimum Gasteiger partial charge on any atom is -0.484 e. The average Bonchev–Trinajstić information content (AvgIpc) is 2.74. The Kier molecular flexibility index (Phi) is 9.66. The molecule has 0 saturated carbocycles. The molecule has 0 fully saturated rings. The fraction of sp³-hybridized carbons (Fsp3) is 0.417. The van der Waals surface area contributed by atoms with Crippen LogP contribution in [0.3, 0.4) is 0 Å². The molecule has 5 nitrogen and oxygen atoms in total. The van der Waals surface area contributed by atoms with Gasteiger partial charge in [0.05, 0.1) is 10.0 Å². The largest absolute Gasteiger partial charge is 0.484 e. The van der Waals surface area contributed by atoms with Crippen molar-refractivity contribution in [2.75, 3.05) is 6.61 Å². The van der Waals surface area contributed by atoms with Crippen molar-refractivity contribution in [1.82, 2.24) is 10.2 Å². The van der Waals surface area contributed by atoms with Crippen LogP contribution in [0.15, 0.2) is 42.5 Å². The zero-order valence-electron chi connectivity index (χ0n) is 18.5. The molecular weight excluding hydrogens is 435 g/mol. The second kappa shape index (κ2) is 12.0. The van der Waals surface area contributed by atoms with E-state index in [0.29, 0.717) is 22.2 Å². The van der Waals surface area contributed by atoms with Gasteiger partial charge in [-0.3, -0.25) is 9.59 Å². The first-order valence-electron chi connectivity index (χ1n) is 10.5. The van der Waals surface area contributed by atoms with Gasteiger partial charge in [0, 0.05) is 12.6 Å². The van der Waals surface area contributed by atoms with Crippen LogP contribution in [0, 0.1) is 6.92 Å². The fourth-order valence-electron chi connectivity index (χ4n) is 3.13. The maximum atomic E-state index is 13.2. The van der Waals surface area contributed by atoms with E-state index in [1.165, 1.54) is 0 Å². The first-order valence-corrected chi connectivity index (χ1v) is 11.2. The van der Waals surface area contributed by atoms with Crippen LogP contribution >= 0.6 is 23.2 Å². The zero-order valence-corrected chi connectivity index (χ0v) is 20.0. The van der Waals surface area contributed by atoms with Gasteiger partial charge in [-0.05, 0) is 62.1 Å². The molecule has 0 unspecified atom stereocenters. The molecule has 2 atom stereocenters. The Morgan fingerprint density at radius 2 is 1.81 bits per heavy atom. The molecule has 168 valence electrons. The minimum atomic E-state index is -0.628. The molecule has 0 aliphatic carbocycles. The molecule has 0 heterocycles. The molecule has 1 N–H and O–H groups in total. The predicted molar refractivity (Wildman–Crippen MR) is 126 cm³/mol. The fourth-order valence-corrected chi connectivity index (χ4v) is 3.45. The van der Waals surface area contributed by atoms with E-state index in [9.17, 15) is 9.59 Å². The van der Waals surface area contributed by atoms with Gasteiger partial charge in [-0.15, -0.1) is 0 Å². The summed E-state index contributed by atoms with van der Waals surface area (Å²) in [6.07, 6.45) is 1.28. The number of nitrogens with zero attached hydrogens (tertiary/aromatic N) is 1. The average molecular weight is 465 g/mol. The molecule has 0 aliphatic rings. The molecule has 2 amide bonds. The quantitative estimate of drug-likeness (QED) is 0.511. The SMILES string of the molecule is CC[C@H](C(=O)N[C@@H](C)CC)N(Cc1ccc(Cl)c(Cl)c1)C(=O)COc1cccc(C)c1. The minimum absolute atomic E-state index is 0.0204. The summed E-state index contributed by atoms with van der Waals surface area (Å²) in [4.78, 5) is 27.7. The lowest BCUT2D eigenvalue weighted by molar-refractivity contribution is -0.143. The number of nitrogens with one attached hydrogen (secondary N) is 1.